The zero-order valence-electron chi connectivity index (χ0n) is 14.6. The van der Waals surface area contributed by atoms with Crippen LogP contribution < -0.4 is 10.2 Å². The van der Waals surface area contributed by atoms with Crippen molar-refractivity contribution in [2.75, 3.05) is 18.0 Å². The molecule has 3 N–H and O–H groups in total. The molecule has 2 aliphatic rings. The molecule has 6 nitrogen and oxygen atoms in total. The van der Waals surface area contributed by atoms with Crippen LogP contribution in [-0.2, 0) is 11.2 Å². The molecule has 9 heteroatoms. The Morgan fingerprint density at radius 2 is 1.79 bits per heavy atom. The van der Waals surface area contributed by atoms with Gasteiger partial charge in [-0.25, -0.2) is 0 Å². The van der Waals surface area contributed by atoms with Crippen LogP contribution in [0.1, 0.15) is 21.7 Å². The number of benzene rings is 1. The van der Waals surface area contributed by atoms with Crippen molar-refractivity contribution in [3.05, 3.63) is 51.3 Å². The fraction of sp³-hybridized carbons (Fsp3) is 0.368. The van der Waals surface area contributed by atoms with Crippen LogP contribution in [0.5, 0.6) is 0 Å². The molecule has 1 aliphatic carbocycles. The number of carboxylic acids is 1. The second-order valence-corrected chi connectivity index (χ2v) is 7.98. The van der Waals surface area contributed by atoms with Crippen LogP contribution in [0.4, 0.5) is 5.69 Å². The van der Waals surface area contributed by atoms with Gasteiger partial charge in [-0.05, 0) is 24.6 Å². The van der Waals surface area contributed by atoms with E-state index in [-0.39, 0.29) is 42.3 Å². The quantitative estimate of drug-likeness (QED) is 0.654. The van der Waals surface area contributed by atoms with Crippen LogP contribution >= 0.6 is 23.2 Å². The fourth-order valence-corrected chi connectivity index (χ4v) is 4.32. The van der Waals surface area contributed by atoms with E-state index in [0.29, 0.717) is 28.2 Å². The molecule has 1 aliphatic heterocycles. The van der Waals surface area contributed by atoms with Gasteiger partial charge in [0.2, 0.25) is 0 Å². The molecule has 28 heavy (non-hydrogen) atoms. The summed E-state index contributed by atoms with van der Waals surface area (Å²) in [5.74, 6) is -0.225. The molecule has 1 aromatic carbocycles. The summed E-state index contributed by atoms with van der Waals surface area (Å²) in [5.41, 5.74) is 2.86. The zero-order valence-corrected chi connectivity index (χ0v) is 16.1. The van der Waals surface area contributed by atoms with Gasteiger partial charge in [0.05, 0.1) is 16.5 Å². The molecule has 4 rings (SSSR count). The van der Waals surface area contributed by atoms with Crippen molar-refractivity contribution in [1.82, 2.24) is 10.3 Å². The molecule has 3 atom stereocenters. The Kier molecular flexibility index (Phi) is 6.07. The average Bonchev–Trinajstić information content (AvgIpc) is 2.96. The molecule has 1 saturated carbocycles. The Bertz CT molecular complexity index is 904. The number of hydrogen-bond donors (Lipinski definition) is 3. The minimum absolute atomic E-state index is 0. The maximum absolute atomic E-state index is 12.4. The second kappa shape index (κ2) is 8.04. The minimum atomic E-state index is -0.831. The molecule has 1 amide bonds. The predicted molar refractivity (Wildman–Crippen MR) is 111 cm³/mol. The third kappa shape index (κ3) is 3.92. The molecule has 0 bridgehead atoms. The third-order valence-electron chi connectivity index (χ3n) is 5.43. The molecule has 2 aromatic rings. The van der Waals surface area contributed by atoms with Gasteiger partial charge >= 0.3 is 24.8 Å². The van der Waals surface area contributed by atoms with Gasteiger partial charge in [0, 0.05) is 42.3 Å². The summed E-state index contributed by atoms with van der Waals surface area (Å²) in [4.78, 5) is 28.4. The van der Waals surface area contributed by atoms with Gasteiger partial charge < -0.3 is 20.3 Å². The number of amides is 1. The number of piperidine rings is 1. The van der Waals surface area contributed by atoms with Crippen LogP contribution in [0, 0.1) is 18.8 Å². The Morgan fingerprint density at radius 3 is 2.29 bits per heavy atom. The van der Waals surface area contributed by atoms with Crippen LogP contribution in [0.15, 0.2) is 24.3 Å². The van der Waals surface area contributed by atoms with E-state index >= 15 is 0 Å². The van der Waals surface area contributed by atoms with E-state index in [4.69, 9.17) is 28.3 Å². The summed E-state index contributed by atoms with van der Waals surface area (Å²) in [6.07, 6.45) is 0.0322. The van der Waals surface area contributed by atoms with Crippen LogP contribution in [0.3, 0.4) is 0 Å². The van der Waals surface area contributed by atoms with Crippen LogP contribution in [-0.4, -0.2) is 60.0 Å². The first-order chi connectivity index (χ1) is 12.8. The predicted octanol–water partition coefficient (Wildman–Crippen LogP) is 2.47. The number of rotatable bonds is 5. The molecule has 0 unspecified atom stereocenters. The topological polar surface area (TPSA) is 85.4 Å². The van der Waals surface area contributed by atoms with E-state index in [9.17, 15) is 9.59 Å². The Balaban J connectivity index is 0.00000225. The van der Waals surface area contributed by atoms with Crippen molar-refractivity contribution in [1.29, 1.82) is 0 Å². The van der Waals surface area contributed by atoms with Crippen LogP contribution in [0.2, 0.25) is 10.0 Å². The number of aliphatic carboxylic acids is 1. The first kappa shape index (κ1) is 21.1. The number of fused-ring (bicyclic) bond motifs is 1. The van der Waals surface area contributed by atoms with E-state index in [1.807, 2.05) is 24.3 Å². The average molecular weight is 416 g/mol. The molecule has 1 saturated heterocycles. The number of carbonyl (C=O) groups is 2. The first-order valence-corrected chi connectivity index (χ1v) is 9.51. The number of hydrogen-bond acceptors (Lipinski definition) is 3. The summed E-state index contributed by atoms with van der Waals surface area (Å²) in [6.45, 7) is 3.51. The first-order valence-electron chi connectivity index (χ1n) is 8.75. The molecule has 2 heterocycles. The van der Waals surface area contributed by atoms with E-state index in [2.05, 4.69) is 15.2 Å². The van der Waals surface area contributed by atoms with Crippen molar-refractivity contribution in [3.8, 4) is 0 Å². The molecular formula is C19H20Cl2LiN3O3. The number of carbonyl (C=O) groups excluding carboxylic acids is 1. The van der Waals surface area contributed by atoms with Gasteiger partial charge in [0.1, 0.15) is 5.69 Å². The van der Waals surface area contributed by atoms with Crippen molar-refractivity contribution < 1.29 is 14.7 Å². The van der Waals surface area contributed by atoms with Gasteiger partial charge in [-0.1, -0.05) is 35.3 Å². The molecule has 2 fully saturated rings. The summed E-state index contributed by atoms with van der Waals surface area (Å²) in [6, 6.07) is 7.77. The summed E-state index contributed by atoms with van der Waals surface area (Å²) < 4.78 is 0. The third-order valence-corrected chi connectivity index (χ3v) is 6.38. The van der Waals surface area contributed by atoms with Crippen LogP contribution in [0.25, 0.3) is 0 Å². The normalized spacial score (nSPS) is 22.4. The number of aryl methyl sites for hydroxylation is 1. The number of nitrogens with one attached hydrogen (secondary N) is 2. The maximum atomic E-state index is 12.4. The number of anilines is 1. The van der Waals surface area contributed by atoms with Gasteiger partial charge in [0.15, 0.2) is 0 Å². The van der Waals surface area contributed by atoms with Crippen molar-refractivity contribution >= 4 is 59.6 Å². The molecule has 1 aromatic heterocycles. The molecule has 144 valence electrons. The van der Waals surface area contributed by atoms with Gasteiger partial charge in [-0.2, -0.15) is 0 Å². The number of aromatic nitrogens is 1. The van der Waals surface area contributed by atoms with Crippen molar-refractivity contribution in [2.24, 2.45) is 11.8 Å². The van der Waals surface area contributed by atoms with E-state index in [0.717, 1.165) is 24.3 Å². The monoisotopic (exact) mass is 415 g/mol. The Morgan fingerprint density at radius 1 is 1.18 bits per heavy atom. The van der Waals surface area contributed by atoms with Gasteiger partial charge in [0.25, 0.3) is 5.91 Å². The number of H-pyrrole nitrogens is 1. The Labute approximate surface area is 184 Å². The number of nitrogens with zero attached hydrogens (tertiary/aromatic N) is 1. The summed E-state index contributed by atoms with van der Waals surface area (Å²) in [5, 5.41) is 12.5. The van der Waals surface area contributed by atoms with E-state index in [1.165, 1.54) is 0 Å². The van der Waals surface area contributed by atoms with Gasteiger partial charge in [-0.3, -0.25) is 9.59 Å². The number of aromatic amines is 1. The van der Waals surface area contributed by atoms with Crippen molar-refractivity contribution in [3.63, 3.8) is 0 Å². The van der Waals surface area contributed by atoms with Crippen molar-refractivity contribution in [2.45, 2.75) is 19.4 Å². The van der Waals surface area contributed by atoms with E-state index in [1.54, 1.807) is 6.92 Å². The zero-order chi connectivity index (χ0) is 19.3. The molecular weight excluding hydrogens is 396 g/mol. The standard InChI is InChI=1S/C19H19Cl2N3O3.Li.H/c1-9-15(20)16(21)18(22-9)19(27)23-17-12-7-24(8-13(12)17)11-4-2-10(3-5-11)6-14(25)26;;/h2-5,12-13,17,22H,6-8H2,1H3,(H,23,27)(H,25,26);;/t12-,13+,17+;;. The molecule has 0 radical (unpaired) electrons. The molecule has 0 spiro atoms. The van der Waals surface area contributed by atoms with Gasteiger partial charge in [-0.15, -0.1) is 0 Å². The number of halogens is 2. The van der Waals surface area contributed by atoms with E-state index < -0.39 is 5.97 Å². The second-order valence-electron chi connectivity index (χ2n) is 7.22. The summed E-state index contributed by atoms with van der Waals surface area (Å²) >= 11 is 12.1. The summed E-state index contributed by atoms with van der Waals surface area (Å²) in [7, 11) is 0. The number of carboxylic acid groups (broad SMARTS) is 1. The SMILES string of the molecule is Cc1[nH]c(C(=O)N[C@H]2[C@@H]3CN(c4ccc(CC(=O)O)cc4)C[C@@H]32)c(Cl)c1Cl.[LiH]. The fourth-order valence-electron chi connectivity index (χ4n) is 3.90. The Hall–Kier alpha value is -1.58.